The molecule has 0 radical (unpaired) electrons. The van der Waals surface area contributed by atoms with Gasteiger partial charge in [0.1, 0.15) is 11.5 Å². The first-order chi connectivity index (χ1) is 12.9. The number of hydrogen-bond acceptors (Lipinski definition) is 5. The Labute approximate surface area is 152 Å². The summed E-state index contributed by atoms with van der Waals surface area (Å²) in [6, 6.07) is 4.14. The normalized spacial score (nSPS) is 14.8. The number of anilines is 2. The molecule has 0 bridgehead atoms. The molecule has 0 saturated carbocycles. The smallest absolute Gasteiger partial charge is 0.352 e. The molecule has 0 spiro atoms. The van der Waals surface area contributed by atoms with Gasteiger partial charge in [-0.3, -0.25) is 9.59 Å². The van der Waals surface area contributed by atoms with Crippen molar-refractivity contribution < 1.29 is 22.8 Å². The fourth-order valence-electron chi connectivity index (χ4n) is 2.60. The topological polar surface area (TPSA) is 78.4 Å². The van der Waals surface area contributed by atoms with Crippen LogP contribution in [-0.2, 0) is 11.0 Å². The van der Waals surface area contributed by atoms with Crippen molar-refractivity contribution in [1.29, 1.82) is 0 Å². The van der Waals surface area contributed by atoms with Crippen LogP contribution in [0.3, 0.4) is 0 Å². The van der Waals surface area contributed by atoms with Crippen molar-refractivity contribution in [3.63, 3.8) is 0 Å². The Hall–Kier alpha value is -3.17. The predicted octanol–water partition coefficient (Wildman–Crippen LogP) is 2.03. The van der Waals surface area contributed by atoms with Crippen LogP contribution in [0.2, 0.25) is 0 Å². The lowest BCUT2D eigenvalue weighted by Crippen LogP contribution is -2.46. The number of benzene rings is 1. The molecule has 1 saturated heterocycles. The van der Waals surface area contributed by atoms with Gasteiger partial charge in [-0.2, -0.15) is 13.2 Å². The number of hydrogen-bond donors (Lipinski definition) is 1. The summed E-state index contributed by atoms with van der Waals surface area (Å²) in [5, 5.41) is 2.48. The summed E-state index contributed by atoms with van der Waals surface area (Å²) in [6.07, 6.45) is -0.863. The monoisotopic (exact) mass is 379 g/mol. The van der Waals surface area contributed by atoms with E-state index in [2.05, 4.69) is 15.3 Å². The number of aromatic nitrogens is 2. The largest absolute Gasteiger partial charge is 0.416 e. The van der Waals surface area contributed by atoms with Gasteiger partial charge in [-0.25, -0.2) is 9.97 Å². The second-order valence-electron chi connectivity index (χ2n) is 5.92. The Morgan fingerprint density at radius 3 is 2.22 bits per heavy atom. The fourth-order valence-corrected chi connectivity index (χ4v) is 2.60. The van der Waals surface area contributed by atoms with E-state index in [0.29, 0.717) is 32.0 Å². The molecular formula is C17H16F3N5O2. The summed E-state index contributed by atoms with van der Waals surface area (Å²) in [5.41, 5.74) is -0.520. The lowest BCUT2D eigenvalue weighted by Gasteiger charge is -2.33. The molecule has 0 atom stereocenters. The SMILES string of the molecule is O=CN1CCN(c2cnc(C(=O)Nc3ccc(C(F)(F)F)cc3)cn2)CC1. The maximum absolute atomic E-state index is 12.6. The van der Waals surface area contributed by atoms with Crippen molar-refractivity contribution in [3.05, 3.63) is 47.9 Å². The van der Waals surface area contributed by atoms with E-state index >= 15 is 0 Å². The summed E-state index contributed by atoms with van der Waals surface area (Å²) in [5.74, 6) is 0.0196. The molecule has 2 amide bonds. The summed E-state index contributed by atoms with van der Waals surface area (Å²) in [6.45, 7) is 2.40. The summed E-state index contributed by atoms with van der Waals surface area (Å²) < 4.78 is 37.7. The van der Waals surface area contributed by atoms with E-state index in [1.807, 2.05) is 4.90 Å². The van der Waals surface area contributed by atoms with Gasteiger partial charge in [0.2, 0.25) is 6.41 Å². The number of carbonyl (C=O) groups is 2. The van der Waals surface area contributed by atoms with Crippen molar-refractivity contribution in [1.82, 2.24) is 14.9 Å². The Morgan fingerprint density at radius 2 is 1.70 bits per heavy atom. The molecule has 3 rings (SSSR count). The van der Waals surface area contributed by atoms with Crippen molar-refractivity contribution in [2.75, 3.05) is 36.4 Å². The minimum Gasteiger partial charge on any atom is -0.352 e. The van der Waals surface area contributed by atoms with Crippen LogP contribution < -0.4 is 10.2 Å². The third-order valence-electron chi connectivity index (χ3n) is 4.13. The van der Waals surface area contributed by atoms with Crippen molar-refractivity contribution in [3.8, 4) is 0 Å². The average Bonchev–Trinajstić information content (AvgIpc) is 2.68. The van der Waals surface area contributed by atoms with Crippen molar-refractivity contribution in [2.45, 2.75) is 6.18 Å². The Morgan fingerprint density at radius 1 is 1.04 bits per heavy atom. The Bertz CT molecular complexity index is 801. The van der Waals surface area contributed by atoms with Gasteiger partial charge in [0.05, 0.1) is 18.0 Å². The summed E-state index contributed by atoms with van der Waals surface area (Å²) in [4.78, 5) is 34.8. The number of alkyl halides is 3. The van der Waals surface area contributed by atoms with Gasteiger partial charge in [0.15, 0.2) is 0 Å². The van der Waals surface area contributed by atoms with E-state index in [1.165, 1.54) is 24.5 Å². The van der Waals surface area contributed by atoms with Gasteiger partial charge in [0.25, 0.3) is 5.91 Å². The first-order valence-corrected chi connectivity index (χ1v) is 8.12. The maximum atomic E-state index is 12.6. The van der Waals surface area contributed by atoms with Gasteiger partial charge < -0.3 is 15.1 Å². The molecule has 10 heteroatoms. The van der Waals surface area contributed by atoms with E-state index in [0.717, 1.165) is 18.5 Å². The highest BCUT2D eigenvalue weighted by Crippen LogP contribution is 2.29. The van der Waals surface area contributed by atoms with Crippen molar-refractivity contribution in [2.24, 2.45) is 0 Å². The number of rotatable bonds is 4. The Kier molecular flexibility index (Phi) is 5.24. The molecule has 1 aliphatic rings. The van der Waals surface area contributed by atoms with Gasteiger partial charge in [-0.15, -0.1) is 0 Å². The minimum absolute atomic E-state index is 0.0465. The standard InChI is InChI=1S/C17H16F3N5O2/c18-17(19,20)12-1-3-13(4-2-12)23-16(27)14-9-22-15(10-21-14)25-7-5-24(11-26)6-8-25/h1-4,9-11H,5-8H2,(H,23,27). The predicted molar refractivity (Wildman–Crippen MR) is 91.3 cm³/mol. The maximum Gasteiger partial charge on any atom is 0.416 e. The van der Waals surface area contributed by atoms with Crippen LogP contribution in [-0.4, -0.2) is 53.4 Å². The van der Waals surface area contributed by atoms with Crippen LogP contribution in [0.4, 0.5) is 24.7 Å². The van der Waals surface area contributed by atoms with Crippen LogP contribution in [0.25, 0.3) is 0 Å². The van der Waals surface area contributed by atoms with E-state index in [9.17, 15) is 22.8 Å². The Balaban J connectivity index is 1.61. The zero-order valence-electron chi connectivity index (χ0n) is 14.1. The van der Waals surface area contributed by atoms with E-state index < -0.39 is 17.6 Å². The molecular weight excluding hydrogens is 363 g/mol. The third-order valence-corrected chi connectivity index (χ3v) is 4.13. The molecule has 1 aliphatic heterocycles. The van der Waals surface area contributed by atoms with Crippen LogP contribution in [0.1, 0.15) is 16.1 Å². The zero-order valence-corrected chi connectivity index (χ0v) is 14.1. The van der Waals surface area contributed by atoms with Gasteiger partial charge in [0, 0.05) is 31.9 Å². The first kappa shape index (κ1) is 18.6. The summed E-state index contributed by atoms with van der Waals surface area (Å²) in [7, 11) is 0. The van der Waals surface area contributed by atoms with Crippen LogP contribution in [0.15, 0.2) is 36.7 Å². The number of halogens is 3. The summed E-state index contributed by atoms with van der Waals surface area (Å²) >= 11 is 0. The lowest BCUT2D eigenvalue weighted by molar-refractivity contribution is -0.137. The zero-order chi connectivity index (χ0) is 19.4. The highest BCUT2D eigenvalue weighted by Gasteiger charge is 2.30. The van der Waals surface area contributed by atoms with Crippen molar-refractivity contribution >= 4 is 23.8 Å². The number of piperazine rings is 1. The van der Waals surface area contributed by atoms with Gasteiger partial charge in [-0.05, 0) is 24.3 Å². The molecule has 1 N–H and O–H groups in total. The third kappa shape index (κ3) is 4.52. The van der Waals surface area contributed by atoms with Gasteiger partial charge >= 0.3 is 6.18 Å². The van der Waals surface area contributed by atoms with Crippen LogP contribution >= 0.6 is 0 Å². The molecule has 0 unspecified atom stereocenters. The molecule has 1 aromatic heterocycles. The lowest BCUT2D eigenvalue weighted by atomic mass is 10.2. The first-order valence-electron chi connectivity index (χ1n) is 8.12. The molecule has 7 nitrogen and oxygen atoms in total. The average molecular weight is 379 g/mol. The molecule has 27 heavy (non-hydrogen) atoms. The van der Waals surface area contributed by atoms with Crippen LogP contribution in [0.5, 0.6) is 0 Å². The number of carbonyl (C=O) groups excluding carboxylic acids is 2. The number of nitrogens with zero attached hydrogens (tertiary/aromatic N) is 4. The quantitative estimate of drug-likeness (QED) is 0.823. The number of nitrogens with one attached hydrogen (secondary N) is 1. The molecule has 1 aromatic carbocycles. The molecule has 2 aromatic rings. The van der Waals surface area contributed by atoms with Crippen LogP contribution in [0, 0.1) is 0 Å². The van der Waals surface area contributed by atoms with E-state index in [-0.39, 0.29) is 11.4 Å². The van der Waals surface area contributed by atoms with E-state index in [1.54, 1.807) is 4.90 Å². The van der Waals surface area contributed by atoms with E-state index in [4.69, 9.17) is 0 Å². The highest BCUT2D eigenvalue weighted by molar-refractivity contribution is 6.02. The molecule has 1 fully saturated rings. The molecule has 0 aliphatic carbocycles. The molecule has 142 valence electrons. The second-order valence-corrected chi connectivity index (χ2v) is 5.92. The second kappa shape index (κ2) is 7.60. The molecule has 2 heterocycles. The fraction of sp³-hybridized carbons (Fsp3) is 0.294. The number of amides is 2. The van der Waals surface area contributed by atoms with Gasteiger partial charge in [-0.1, -0.05) is 0 Å². The minimum atomic E-state index is -4.43. The highest BCUT2D eigenvalue weighted by atomic mass is 19.4.